The second-order valence-corrected chi connectivity index (χ2v) is 32.4. The van der Waals surface area contributed by atoms with E-state index in [-0.39, 0.29) is 44.2 Å². The lowest BCUT2D eigenvalue weighted by Gasteiger charge is -2.51. The summed E-state index contributed by atoms with van der Waals surface area (Å²) in [6, 6.07) is 33.2. The minimum atomic E-state index is -1.74. The number of aliphatic hydroxyl groups is 8. The predicted molar refractivity (Wildman–Crippen MR) is 419 cm³/mol. The van der Waals surface area contributed by atoms with Crippen molar-refractivity contribution >= 4 is 0 Å². The Kier molecular flexibility index (Phi) is 33.7. The van der Waals surface area contributed by atoms with Crippen LogP contribution in [0.1, 0.15) is 91.5 Å². The summed E-state index contributed by atoms with van der Waals surface area (Å²) in [4.78, 5) is 9.52. The molecule has 37 nitrogen and oxygen atoms in total. The van der Waals surface area contributed by atoms with Crippen LogP contribution in [0.25, 0.3) is 31.3 Å². The van der Waals surface area contributed by atoms with Gasteiger partial charge in [0.25, 0.3) is 0 Å². The maximum Gasteiger partial charge on any atom is 0.186 e. The largest absolute Gasteiger partial charge is 0.394 e. The lowest BCUT2D eigenvalue weighted by atomic mass is 9.84. The second kappa shape index (κ2) is 43.5. The van der Waals surface area contributed by atoms with Crippen LogP contribution in [0.2, 0.25) is 0 Å². The average molecular weight is 1690 g/mol. The van der Waals surface area contributed by atoms with Gasteiger partial charge in [0.05, 0.1) is 126 Å². The van der Waals surface area contributed by atoms with Gasteiger partial charge < -0.3 is 136 Å². The number of benzene rings is 4. The highest BCUT2D eigenvalue weighted by molar-refractivity contribution is 5.17. The number of methoxy groups -OCH3 is 1. The summed E-state index contributed by atoms with van der Waals surface area (Å²) in [5.74, 6) is -3.31. The molecular formula is C83H117N9O28. The topological polar surface area (TPSA) is 493 Å². The molecule has 0 amide bonds. The van der Waals surface area contributed by atoms with Gasteiger partial charge in [-0.2, -0.15) is 0 Å². The van der Waals surface area contributed by atoms with Crippen molar-refractivity contribution in [2.75, 3.05) is 33.5 Å². The molecule has 120 heavy (non-hydrogen) atoms. The Morgan fingerprint density at radius 1 is 0.283 bits per heavy atom. The summed E-state index contributed by atoms with van der Waals surface area (Å²) in [7, 11) is 1.52. The number of hydrogen-bond donors (Lipinski definition) is 8. The van der Waals surface area contributed by atoms with Crippen molar-refractivity contribution in [1.29, 1.82) is 0 Å². The number of azide groups is 3. The highest BCUT2D eigenvalue weighted by atomic mass is 16.8. The second-order valence-electron chi connectivity index (χ2n) is 32.4. The van der Waals surface area contributed by atoms with Gasteiger partial charge >= 0.3 is 0 Å². The summed E-state index contributed by atoms with van der Waals surface area (Å²) in [5.41, 5.74) is 33.8. The van der Waals surface area contributed by atoms with Crippen molar-refractivity contribution in [3.8, 4) is 0 Å². The van der Waals surface area contributed by atoms with Crippen LogP contribution in [0.15, 0.2) is 137 Å². The fourth-order valence-corrected chi connectivity index (χ4v) is 17.4. The van der Waals surface area contributed by atoms with Gasteiger partial charge in [-0.15, -0.1) is 0 Å². The van der Waals surface area contributed by atoms with Crippen LogP contribution in [-0.2, 0) is 121 Å². The Morgan fingerprint density at radius 2 is 0.525 bits per heavy atom. The summed E-state index contributed by atoms with van der Waals surface area (Å²) in [6.45, 7) is 15.2. The van der Waals surface area contributed by atoms with Crippen molar-refractivity contribution < 1.29 is 136 Å². The van der Waals surface area contributed by atoms with E-state index in [1.807, 2.05) is 137 Å². The minimum Gasteiger partial charge on any atom is -0.394 e. The van der Waals surface area contributed by atoms with Gasteiger partial charge in [-0.3, -0.25) is 0 Å². The maximum atomic E-state index is 12.7. The molecule has 4 aromatic carbocycles. The van der Waals surface area contributed by atoms with Crippen molar-refractivity contribution in [3.05, 3.63) is 175 Å². The molecule has 0 aliphatic carbocycles. The molecular weight excluding hydrogens is 1570 g/mol. The molecule has 12 rings (SSSR count). The van der Waals surface area contributed by atoms with Crippen LogP contribution in [0, 0.1) is 35.5 Å². The van der Waals surface area contributed by atoms with E-state index in [4.69, 9.17) is 94.7 Å². The van der Waals surface area contributed by atoms with Gasteiger partial charge in [0.1, 0.15) is 85.5 Å². The molecule has 16 unspecified atom stereocenters. The Morgan fingerprint density at radius 3 is 0.792 bits per heavy atom. The first-order valence-corrected chi connectivity index (χ1v) is 41.2. The lowest BCUT2D eigenvalue weighted by molar-refractivity contribution is -0.382. The molecule has 8 aliphatic rings. The predicted octanol–water partition coefficient (Wildman–Crippen LogP) is 6.82. The highest BCUT2D eigenvalue weighted by Gasteiger charge is 2.59. The summed E-state index contributed by atoms with van der Waals surface area (Å²) in [5, 5.41) is 106. The molecule has 0 bridgehead atoms. The standard InChI is InChI=1S/C83H117N9O28/c1-40-41(2)76(101-11)110-54(32-93)65(40)114-81-62(98)73(103-37-51-26-18-13-19-27-51)70(47(8)107-81)118-78-59(88-91-85)44(5)67(56(34-95)112-78)116-83-64(100)75(105-39-53-30-22-15-23-31-53)72(49(10)109-83)120-79-60(89-92-86)45(6)68(57(35-96)113-79)117-82-63(99)74(104-38-52-28-20-14-21-29-52)71(48(9)108-82)119-77-58(87-90-84)43(4)66(55(33-94)111-77)115-80-61(97)69(42(3)46(7)106-80)102-36-50-24-16-12-17-25-50/h12-31,40-49,54-83,93-100H,32-39H2,1-11H3/t40-,41?,42-,43-,44-,45-,46?,47?,48?,49?,54?,55?,56?,57?,58?,59?,60?,61?,62?,63?,64?,65+,66-,67-,68+,69-,70-,71-,72-,73+,74+,75+,76+,77+,78-,79-,80+,81+,82+,83+/m1/s1. The number of hydrogen-bond acceptors (Lipinski definition) is 31. The van der Waals surface area contributed by atoms with Crippen molar-refractivity contribution in [2.24, 2.45) is 50.9 Å². The minimum absolute atomic E-state index is 0.00304. The number of rotatable bonds is 34. The zero-order valence-corrected chi connectivity index (χ0v) is 69.1. The molecule has 8 aliphatic heterocycles. The summed E-state index contributed by atoms with van der Waals surface area (Å²) >= 11 is 0. The molecule has 8 heterocycles. The number of aliphatic hydroxyl groups excluding tert-OH is 8. The molecule has 37 heteroatoms. The normalized spacial score (nSPS) is 42.4. The number of ether oxygens (including phenoxy) is 20. The molecule has 0 radical (unpaired) electrons. The van der Waals surface area contributed by atoms with Gasteiger partial charge in [-0.1, -0.05) is 178 Å². The van der Waals surface area contributed by atoms with Crippen LogP contribution >= 0.6 is 0 Å². The molecule has 0 aromatic heterocycles. The SMILES string of the molecule is CO[C@H]1OC(CO)[C@@H](O[C@@H]2OC(C)[C@@H](O[C@H]3OC(CO)[C@H](O[C@@H]4OC(C)[C@@H](O[C@H]5OC(CO)[C@@H](O[C@@H]6OC(C)[C@@H](O[C@@H]7OC(CO)[C@H](O[C@@H]8OC(C)[C@@H](C)[C@@H](OCc9ccccc9)C8O)[C@H](C)C7N=[N+]=[N-])[C@@H](OCc7ccccc7)C6O)[C@H](C)C5N=[N+]=[N-])[C@@H](OCc5ccccc5)C4O)[C@H](C)C3N=[N+]=[N-])[C@@H](OCc3ccccc3)C2O)[C@H](C)C1C. The zero-order valence-electron chi connectivity index (χ0n) is 69.1. The Labute approximate surface area is 696 Å². The maximum absolute atomic E-state index is 12.7. The molecule has 662 valence electrons. The first kappa shape index (κ1) is 92.9. The van der Waals surface area contributed by atoms with E-state index in [0.29, 0.717) is 11.1 Å². The van der Waals surface area contributed by atoms with E-state index in [0.717, 1.165) is 11.1 Å². The van der Waals surface area contributed by atoms with E-state index in [1.165, 1.54) is 7.11 Å². The molecule has 8 saturated heterocycles. The van der Waals surface area contributed by atoms with E-state index < -0.39 is 253 Å². The third-order valence-electron chi connectivity index (χ3n) is 24.6. The van der Waals surface area contributed by atoms with Gasteiger partial charge in [0.15, 0.2) is 50.3 Å². The van der Waals surface area contributed by atoms with Crippen molar-refractivity contribution in [2.45, 2.75) is 305 Å². The third-order valence-corrected chi connectivity index (χ3v) is 24.6. The van der Waals surface area contributed by atoms with Gasteiger partial charge in [0, 0.05) is 33.7 Å². The monoisotopic (exact) mass is 1690 g/mol. The average Bonchev–Trinajstić information content (AvgIpc) is 0.769. The van der Waals surface area contributed by atoms with Crippen molar-refractivity contribution in [1.82, 2.24) is 0 Å². The van der Waals surface area contributed by atoms with Gasteiger partial charge in [-0.05, 0) is 90.2 Å². The molecule has 0 spiro atoms. The Bertz CT molecular complexity index is 3920. The van der Waals surface area contributed by atoms with E-state index in [9.17, 15) is 57.4 Å². The van der Waals surface area contributed by atoms with Crippen LogP contribution in [-0.4, -0.2) is 283 Å². The molecule has 0 saturated carbocycles. The first-order valence-electron chi connectivity index (χ1n) is 41.2. The summed E-state index contributed by atoms with van der Waals surface area (Å²) in [6.07, 6.45) is -37.8. The van der Waals surface area contributed by atoms with Crippen LogP contribution in [0.4, 0.5) is 0 Å². The molecule has 40 atom stereocenters. The van der Waals surface area contributed by atoms with Crippen LogP contribution in [0.5, 0.6) is 0 Å². The smallest absolute Gasteiger partial charge is 0.186 e. The van der Waals surface area contributed by atoms with Crippen LogP contribution in [0.3, 0.4) is 0 Å². The Balaban J connectivity index is 0.738. The van der Waals surface area contributed by atoms with E-state index >= 15 is 0 Å². The van der Waals surface area contributed by atoms with Gasteiger partial charge in [0.2, 0.25) is 0 Å². The van der Waals surface area contributed by atoms with Crippen molar-refractivity contribution in [3.63, 3.8) is 0 Å². The molecule has 8 N–H and O–H groups in total. The zero-order chi connectivity index (χ0) is 85.6. The fourth-order valence-electron chi connectivity index (χ4n) is 17.4. The molecule has 8 fully saturated rings. The highest BCUT2D eigenvalue weighted by Crippen LogP contribution is 2.45. The quantitative estimate of drug-likeness (QED) is 0.0135. The third kappa shape index (κ3) is 21.4. The lowest BCUT2D eigenvalue weighted by Crippen LogP contribution is -2.66. The van der Waals surface area contributed by atoms with Gasteiger partial charge in [-0.25, -0.2) is 0 Å². The summed E-state index contributed by atoms with van der Waals surface area (Å²) < 4.78 is 130. The van der Waals surface area contributed by atoms with Crippen LogP contribution < -0.4 is 0 Å². The number of nitrogens with zero attached hydrogens (tertiary/aromatic N) is 9. The fraction of sp³-hybridized carbons (Fsp3) is 0.711. The Hall–Kier alpha value is -6.31. The van der Waals surface area contributed by atoms with E-state index in [1.54, 1.807) is 53.7 Å². The van der Waals surface area contributed by atoms with E-state index in [2.05, 4.69) is 30.1 Å². The molecule has 4 aromatic rings. The first-order chi connectivity index (χ1) is 58.0.